The number of piperidine rings is 1. The molecule has 0 aliphatic carbocycles. The molecule has 1 amide bonds. The Kier molecular flexibility index (Phi) is 2.86. The quantitative estimate of drug-likeness (QED) is 0.836. The number of carbonyl (C=O) groups excluding carboxylic acids is 1. The molecule has 1 aromatic heterocycles. The minimum absolute atomic E-state index is 0.232. The molecule has 1 N–H and O–H groups in total. The first-order valence-electron chi connectivity index (χ1n) is 6.72. The molecule has 1 atom stereocenters. The van der Waals surface area contributed by atoms with Crippen LogP contribution in [0.2, 0.25) is 0 Å². The molecular formula is C13H20N4O. The predicted octanol–water partition coefficient (Wildman–Crippen LogP) is 0.665. The van der Waals surface area contributed by atoms with Gasteiger partial charge in [-0.25, -0.2) is 0 Å². The number of rotatable bonds is 2. The summed E-state index contributed by atoms with van der Waals surface area (Å²) in [5.74, 6) is 0.232. The fourth-order valence-electron chi connectivity index (χ4n) is 3.34. The van der Waals surface area contributed by atoms with Crippen molar-refractivity contribution in [1.82, 2.24) is 20.0 Å². The van der Waals surface area contributed by atoms with E-state index in [0.29, 0.717) is 0 Å². The average Bonchev–Trinajstić information content (AvgIpc) is 2.93. The monoisotopic (exact) mass is 248 g/mol. The summed E-state index contributed by atoms with van der Waals surface area (Å²) in [6, 6.07) is 0. The maximum atomic E-state index is 12.3. The van der Waals surface area contributed by atoms with Gasteiger partial charge in [-0.3, -0.25) is 14.4 Å². The summed E-state index contributed by atoms with van der Waals surface area (Å²) in [6.45, 7) is 2.69. The predicted molar refractivity (Wildman–Crippen MR) is 67.8 cm³/mol. The van der Waals surface area contributed by atoms with Gasteiger partial charge in [-0.1, -0.05) is 0 Å². The van der Waals surface area contributed by atoms with Crippen molar-refractivity contribution >= 4 is 5.91 Å². The SMILES string of the molecule is Cn1cc(CN2CCCC23CCCNC3=O)cn1. The van der Waals surface area contributed by atoms with E-state index in [1.807, 2.05) is 24.1 Å². The van der Waals surface area contributed by atoms with Crippen molar-refractivity contribution in [2.75, 3.05) is 13.1 Å². The zero-order valence-corrected chi connectivity index (χ0v) is 10.9. The lowest BCUT2D eigenvalue weighted by Gasteiger charge is -2.40. The van der Waals surface area contributed by atoms with Crippen LogP contribution in [0.4, 0.5) is 0 Å². The van der Waals surface area contributed by atoms with Crippen molar-refractivity contribution in [1.29, 1.82) is 0 Å². The minimum Gasteiger partial charge on any atom is -0.354 e. The summed E-state index contributed by atoms with van der Waals surface area (Å²) in [4.78, 5) is 14.6. The summed E-state index contributed by atoms with van der Waals surface area (Å²) < 4.78 is 1.82. The van der Waals surface area contributed by atoms with E-state index in [4.69, 9.17) is 0 Å². The van der Waals surface area contributed by atoms with Gasteiger partial charge in [0.1, 0.15) is 5.54 Å². The standard InChI is InChI=1S/C13H20N4O/c1-16-9-11(8-15-16)10-17-7-3-5-13(17)4-2-6-14-12(13)18/h8-9H,2-7,10H2,1H3,(H,14,18). The molecule has 5 heteroatoms. The second-order valence-corrected chi connectivity index (χ2v) is 5.44. The smallest absolute Gasteiger partial charge is 0.240 e. The highest BCUT2D eigenvalue weighted by Crippen LogP contribution is 2.36. The largest absolute Gasteiger partial charge is 0.354 e. The number of hydrogen-bond acceptors (Lipinski definition) is 3. The second kappa shape index (κ2) is 4.39. The lowest BCUT2D eigenvalue weighted by Crippen LogP contribution is -2.58. The molecule has 3 heterocycles. The van der Waals surface area contributed by atoms with Crippen molar-refractivity contribution in [3.63, 3.8) is 0 Å². The Balaban J connectivity index is 1.80. The van der Waals surface area contributed by atoms with E-state index in [9.17, 15) is 4.79 Å². The molecule has 2 aliphatic heterocycles. The molecule has 1 unspecified atom stereocenters. The molecule has 0 saturated carbocycles. The Morgan fingerprint density at radius 2 is 2.28 bits per heavy atom. The van der Waals surface area contributed by atoms with Crippen LogP contribution in [0.15, 0.2) is 12.4 Å². The van der Waals surface area contributed by atoms with Gasteiger partial charge >= 0.3 is 0 Å². The first-order valence-corrected chi connectivity index (χ1v) is 6.72. The molecule has 2 saturated heterocycles. The molecule has 1 spiro atoms. The third-order valence-electron chi connectivity index (χ3n) is 4.23. The van der Waals surface area contributed by atoms with Crippen LogP contribution in [-0.4, -0.2) is 39.2 Å². The lowest BCUT2D eigenvalue weighted by atomic mass is 9.86. The van der Waals surface area contributed by atoms with Gasteiger partial charge in [-0.15, -0.1) is 0 Å². The Hall–Kier alpha value is -1.36. The molecule has 2 aliphatic rings. The van der Waals surface area contributed by atoms with Crippen LogP contribution in [0.3, 0.4) is 0 Å². The van der Waals surface area contributed by atoms with E-state index in [2.05, 4.69) is 15.3 Å². The third kappa shape index (κ3) is 1.82. The highest BCUT2D eigenvalue weighted by molar-refractivity contribution is 5.87. The van der Waals surface area contributed by atoms with E-state index >= 15 is 0 Å². The van der Waals surface area contributed by atoms with E-state index < -0.39 is 0 Å². The number of nitrogens with zero attached hydrogens (tertiary/aromatic N) is 3. The Morgan fingerprint density at radius 3 is 3.00 bits per heavy atom. The minimum atomic E-state index is -0.242. The van der Waals surface area contributed by atoms with E-state index in [1.165, 1.54) is 5.56 Å². The maximum Gasteiger partial charge on any atom is 0.240 e. The summed E-state index contributed by atoms with van der Waals surface area (Å²) in [6.07, 6.45) is 8.14. The third-order valence-corrected chi connectivity index (χ3v) is 4.23. The van der Waals surface area contributed by atoms with Crippen LogP contribution in [-0.2, 0) is 18.4 Å². The van der Waals surface area contributed by atoms with E-state index in [1.54, 1.807) is 0 Å². The van der Waals surface area contributed by atoms with Crippen LogP contribution < -0.4 is 5.32 Å². The number of aryl methyl sites for hydroxylation is 1. The van der Waals surface area contributed by atoms with Gasteiger partial charge in [-0.2, -0.15) is 5.10 Å². The normalized spacial score (nSPS) is 28.8. The number of likely N-dealkylation sites (tertiary alicyclic amines) is 1. The van der Waals surface area contributed by atoms with E-state index in [-0.39, 0.29) is 11.4 Å². The van der Waals surface area contributed by atoms with Gasteiger partial charge in [0.25, 0.3) is 0 Å². The number of hydrogen-bond donors (Lipinski definition) is 1. The fourth-order valence-corrected chi connectivity index (χ4v) is 3.34. The van der Waals surface area contributed by atoms with Gasteiger partial charge in [0.2, 0.25) is 5.91 Å². The Labute approximate surface area is 107 Å². The molecule has 0 bridgehead atoms. The molecule has 98 valence electrons. The van der Waals surface area contributed by atoms with Crippen LogP contribution in [0.25, 0.3) is 0 Å². The number of carbonyl (C=O) groups is 1. The second-order valence-electron chi connectivity index (χ2n) is 5.44. The van der Waals surface area contributed by atoms with Crippen LogP contribution in [0.1, 0.15) is 31.2 Å². The first-order chi connectivity index (χ1) is 8.71. The Bertz CT molecular complexity index is 456. The van der Waals surface area contributed by atoms with Crippen LogP contribution in [0, 0.1) is 0 Å². The van der Waals surface area contributed by atoms with Crippen LogP contribution in [0.5, 0.6) is 0 Å². The molecule has 3 rings (SSSR count). The highest BCUT2D eigenvalue weighted by atomic mass is 16.2. The highest BCUT2D eigenvalue weighted by Gasteiger charge is 2.48. The molecule has 18 heavy (non-hydrogen) atoms. The zero-order valence-electron chi connectivity index (χ0n) is 10.9. The number of aromatic nitrogens is 2. The zero-order chi connectivity index (χ0) is 12.6. The molecule has 0 aromatic carbocycles. The number of amides is 1. The summed E-state index contributed by atoms with van der Waals surface area (Å²) in [5.41, 5.74) is 0.950. The summed E-state index contributed by atoms with van der Waals surface area (Å²) in [5, 5.41) is 7.24. The van der Waals surface area contributed by atoms with Gasteiger partial charge < -0.3 is 5.32 Å². The van der Waals surface area contributed by atoms with Crippen LogP contribution >= 0.6 is 0 Å². The van der Waals surface area contributed by atoms with Gasteiger partial charge in [0.15, 0.2) is 0 Å². The summed E-state index contributed by atoms with van der Waals surface area (Å²) >= 11 is 0. The topological polar surface area (TPSA) is 50.2 Å². The van der Waals surface area contributed by atoms with Gasteiger partial charge in [0, 0.05) is 31.9 Å². The van der Waals surface area contributed by atoms with Crippen molar-refractivity contribution < 1.29 is 4.79 Å². The Morgan fingerprint density at radius 1 is 1.44 bits per heavy atom. The molecular weight excluding hydrogens is 228 g/mol. The lowest BCUT2D eigenvalue weighted by molar-refractivity contribution is -0.134. The molecule has 0 radical (unpaired) electrons. The average molecular weight is 248 g/mol. The van der Waals surface area contributed by atoms with Gasteiger partial charge in [0.05, 0.1) is 6.20 Å². The summed E-state index contributed by atoms with van der Waals surface area (Å²) in [7, 11) is 1.93. The van der Waals surface area contributed by atoms with Crippen molar-refractivity contribution in [3.8, 4) is 0 Å². The van der Waals surface area contributed by atoms with E-state index in [0.717, 1.165) is 45.3 Å². The maximum absolute atomic E-state index is 12.3. The fraction of sp³-hybridized carbons (Fsp3) is 0.692. The van der Waals surface area contributed by atoms with Gasteiger partial charge in [-0.05, 0) is 32.2 Å². The van der Waals surface area contributed by atoms with Crippen molar-refractivity contribution in [3.05, 3.63) is 18.0 Å². The first kappa shape index (κ1) is 11.7. The molecule has 5 nitrogen and oxygen atoms in total. The van der Waals surface area contributed by atoms with Crippen molar-refractivity contribution in [2.24, 2.45) is 7.05 Å². The molecule has 2 fully saturated rings. The molecule has 1 aromatic rings. The van der Waals surface area contributed by atoms with Crippen molar-refractivity contribution in [2.45, 2.75) is 37.8 Å². The number of nitrogens with one attached hydrogen (secondary N) is 1.